The monoisotopic (exact) mass is 360 g/mol. The van der Waals surface area contributed by atoms with Crippen molar-refractivity contribution < 1.29 is 23.9 Å². The second kappa shape index (κ2) is 9.60. The summed E-state index contributed by atoms with van der Waals surface area (Å²) in [5.74, 6) is -0.727. The zero-order valence-electron chi connectivity index (χ0n) is 14.8. The summed E-state index contributed by atoms with van der Waals surface area (Å²) < 4.78 is 10.4. The Labute approximate surface area is 152 Å². The van der Waals surface area contributed by atoms with Crippen LogP contribution in [0.3, 0.4) is 0 Å². The third-order valence-electron chi connectivity index (χ3n) is 4.04. The summed E-state index contributed by atoms with van der Waals surface area (Å²) in [6.07, 6.45) is 4.51. The van der Waals surface area contributed by atoms with Crippen LogP contribution >= 0.6 is 0 Å². The molecule has 0 saturated heterocycles. The van der Waals surface area contributed by atoms with Gasteiger partial charge in [0.2, 0.25) is 0 Å². The lowest BCUT2D eigenvalue weighted by Crippen LogP contribution is -2.47. The van der Waals surface area contributed by atoms with E-state index in [0.29, 0.717) is 12.4 Å². The van der Waals surface area contributed by atoms with Gasteiger partial charge in [0, 0.05) is 6.04 Å². The van der Waals surface area contributed by atoms with Gasteiger partial charge < -0.3 is 14.8 Å². The Morgan fingerprint density at radius 2 is 1.88 bits per heavy atom. The van der Waals surface area contributed by atoms with Gasteiger partial charge in [-0.3, -0.25) is 10.1 Å². The minimum Gasteiger partial charge on any atom is -0.490 e. The van der Waals surface area contributed by atoms with E-state index in [0.717, 1.165) is 25.7 Å². The third-order valence-corrected chi connectivity index (χ3v) is 4.04. The number of nitrogens with one attached hydrogen (secondary N) is 2. The highest BCUT2D eigenvalue weighted by Gasteiger charge is 2.23. The number of imide groups is 1. The molecule has 1 saturated carbocycles. The molecule has 0 bridgehead atoms. The predicted molar refractivity (Wildman–Crippen MR) is 95.9 cm³/mol. The standard InChI is InChI=1S/C19H24N2O5/c1-3-12-25-16-10-8-14(9-11-16)18(23)26-13(2)17(22)21-19(24)20-15-6-4-5-7-15/h3,8-11,13,15H,1,4-7,12H2,2H3,(H2,20,21,22,24). The number of carbonyl (C=O) groups excluding carboxylic acids is 3. The number of amides is 3. The normalized spacial score (nSPS) is 15.0. The van der Waals surface area contributed by atoms with E-state index >= 15 is 0 Å². The first-order chi connectivity index (χ1) is 12.5. The molecule has 1 aliphatic rings. The fraction of sp³-hybridized carbons (Fsp3) is 0.421. The molecule has 1 aliphatic carbocycles. The van der Waals surface area contributed by atoms with Gasteiger partial charge in [-0.15, -0.1) is 0 Å². The van der Waals surface area contributed by atoms with Crippen molar-refractivity contribution in [2.45, 2.75) is 44.8 Å². The Kier molecular flexibility index (Phi) is 7.20. The zero-order valence-corrected chi connectivity index (χ0v) is 14.8. The number of hydrogen-bond acceptors (Lipinski definition) is 5. The summed E-state index contributed by atoms with van der Waals surface area (Å²) in [7, 11) is 0. The average Bonchev–Trinajstić information content (AvgIpc) is 3.12. The molecule has 26 heavy (non-hydrogen) atoms. The van der Waals surface area contributed by atoms with E-state index in [2.05, 4.69) is 17.2 Å². The van der Waals surface area contributed by atoms with Crippen molar-refractivity contribution in [3.63, 3.8) is 0 Å². The van der Waals surface area contributed by atoms with E-state index < -0.39 is 24.0 Å². The molecule has 1 aromatic carbocycles. The quantitative estimate of drug-likeness (QED) is 0.576. The number of rotatable bonds is 7. The largest absolute Gasteiger partial charge is 0.490 e. The van der Waals surface area contributed by atoms with Gasteiger partial charge in [0.05, 0.1) is 5.56 Å². The maximum Gasteiger partial charge on any atom is 0.338 e. The summed E-state index contributed by atoms with van der Waals surface area (Å²) in [4.78, 5) is 35.9. The maximum atomic E-state index is 12.1. The molecule has 3 amide bonds. The molecule has 1 unspecified atom stereocenters. The van der Waals surface area contributed by atoms with Crippen molar-refractivity contribution in [1.82, 2.24) is 10.6 Å². The molecule has 0 spiro atoms. The van der Waals surface area contributed by atoms with Crippen molar-refractivity contribution in [3.05, 3.63) is 42.5 Å². The van der Waals surface area contributed by atoms with Crippen LogP contribution in [0.2, 0.25) is 0 Å². The highest BCUT2D eigenvalue weighted by atomic mass is 16.5. The van der Waals surface area contributed by atoms with E-state index in [4.69, 9.17) is 9.47 Å². The van der Waals surface area contributed by atoms with Crippen molar-refractivity contribution in [1.29, 1.82) is 0 Å². The van der Waals surface area contributed by atoms with Crippen LogP contribution in [0.5, 0.6) is 5.75 Å². The van der Waals surface area contributed by atoms with Crippen molar-refractivity contribution >= 4 is 17.9 Å². The van der Waals surface area contributed by atoms with E-state index in [9.17, 15) is 14.4 Å². The van der Waals surface area contributed by atoms with Gasteiger partial charge >= 0.3 is 12.0 Å². The molecule has 2 rings (SSSR count). The highest BCUT2D eigenvalue weighted by Crippen LogP contribution is 2.17. The van der Waals surface area contributed by atoms with Crippen LogP contribution in [0, 0.1) is 0 Å². The summed E-state index contributed by atoms with van der Waals surface area (Å²) >= 11 is 0. The summed E-state index contributed by atoms with van der Waals surface area (Å²) in [5.41, 5.74) is 0.283. The van der Waals surface area contributed by atoms with Crippen LogP contribution in [-0.2, 0) is 9.53 Å². The molecule has 7 heteroatoms. The Balaban J connectivity index is 1.80. The Morgan fingerprint density at radius 3 is 2.50 bits per heavy atom. The average molecular weight is 360 g/mol. The van der Waals surface area contributed by atoms with Gasteiger partial charge in [0.15, 0.2) is 6.10 Å². The molecule has 0 aromatic heterocycles. The first-order valence-electron chi connectivity index (χ1n) is 8.65. The molecule has 7 nitrogen and oxygen atoms in total. The first-order valence-corrected chi connectivity index (χ1v) is 8.65. The van der Waals surface area contributed by atoms with Gasteiger partial charge in [-0.2, -0.15) is 0 Å². The van der Waals surface area contributed by atoms with Crippen LogP contribution < -0.4 is 15.4 Å². The van der Waals surface area contributed by atoms with Gasteiger partial charge in [-0.1, -0.05) is 25.5 Å². The number of esters is 1. The minimum atomic E-state index is -1.09. The van der Waals surface area contributed by atoms with Crippen LogP contribution in [0.25, 0.3) is 0 Å². The number of benzene rings is 1. The summed E-state index contributed by atoms with van der Waals surface area (Å²) in [5, 5.41) is 4.94. The van der Waals surface area contributed by atoms with E-state index in [1.807, 2.05) is 0 Å². The highest BCUT2D eigenvalue weighted by molar-refractivity contribution is 5.98. The van der Waals surface area contributed by atoms with E-state index in [1.165, 1.54) is 19.1 Å². The molecule has 2 N–H and O–H groups in total. The molecular weight excluding hydrogens is 336 g/mol. The Bertz CT molecular complexity index is 650. The molecule has 0 radical (unpaired) electrons. The number of hydrogen-bond donors (Lipinski definition) is 2. The van der Waals surface area contributed by atoms with Gasteiger partial charge in [-0.05, 0) is 44.0 Å². The van der Waals surface area contributed by atoms with Crippen molar-refractivity contribution in [2.75, 3.05) is 6.61 Å². The summed E-state index contributed by atoms with van der Waals surface area (Å²) in [6.45, 7) is 5.33. The molecule has 0 heterocycles. The molecule has 1 atom stereocenters. The molecule has 1 aromatic rings. The third kappa shape index (κ3) is 5.91. The second-order valence-electron chi connectivity index (χ2n) is 6.12. The Hall–Kier alpha value is -2.83. The molecule has 1 fully saturated rings. The molecule has 140 valence electrons. The molecule has 0 aliphatic heterocycles. The SMILES string of the molecule is C=CCOc1ccc(C(=O)OC(C)C(=O)NC(=O)NC2CCCC2)cc1. The molecular formula is C19H24N2O5. The number of ether oxygens (including phenoxy) is 2. The smallest absolute Gasteiger partial charge is 0.338 e. The Morgan fingerprint density at radius 1 is 1.23 bits per heavy atom. The van der Waals surface area contributed by atoms with Gasteiger partial charge in [0.25, 0.3) is 5.91 Å². The lowest BCUT2D eigenvalue weighted by Gasteiger charge is -2.15. The van der Waals surface area contributed by atoms with Crippen molar-refractivity contribution in [3.8, 4) is 5.75 Å². The van der Waals surface area contributed by atoms with Crippen LogP contribution in [-0.4, -0.2) is 36.7 Å². The fourth-order valence-corrected chi connectivity index (χ4v) is 2.63. The van der Waals surface area contributed by atoms with Crippen LogP contribution in [0.4, 0.5) is 4.79 Å². The predicted octanol–water partition coefficient (Wildman–Crippen LogP) is 2.57. The minimum absolute atomic E-state index is 0.0995. The maximum absolute atomic E-state index is 12.1. The lowest BCUT2D eigenvalue weighted by atomic mass is 10.2. The van der Waals surface area contributed by atoms with Crippen LogP contribution in [0.1, 0.15) is 43.0 Å². The van der Waals surface area contributed by atoms with Crippen LogP contribution in [0.15, 0.2) is 36.9 Å². The number of urea groups is 1. The summed E-state index contributed by atoms with van der Waals surface area (Å²) in [6, 6.07) is 5.87. The number of carbonyl (C=O) groups is 3. The van der Waals surface area contributed by atoms with Gasteiger partial charge in [-0.25, -0.2) is 9.59 Å². The second-order valence-corrected chi connectivity index (χ2v) is 6.12. The van der Waals surface area contributed by atoms with E-state index in [1.54, 1.807) is 18.2 Å². The van der Waals surface area contributed by atoms with Crippen molar-refractivity contribution in [2.24, 2.45) is 0 Å². The zero-order chi connectivity index (χ0) is 18.9. The topological polar surface area (TPSA) is 93.7 Å². The van der Waals surface area contributed by atoms with E-state index in [-0.39, 0.29) is 11.6 Å². The fourth-order valence-electron chi connectivity index (χ4n) is 2.63. The first kappa shape index (κ1) is 19.5. The van der Waals surface area contributed by atoms with Gasteiger partial charge in [0.1, 0.15) is 12.4 Å². The lowest BCUT2D eigenvalue weighted by molar-refractivity contribution is -0.127.